The van der Waals surface area contributed by atoms with Crippen LogP contribution in [0.3, 0.4) is 0 Å². The molecule has 0 saturated carbocycles. The first-order valence-corrected chi connectivity index (χ1v) is 8.44. The molecular weight excluding hydrogens is 278 g/mol. The molecule has 2 unspecified atom stereocenters. The van der Waals surface area contributed by atoms with Gasteiger partial charge < -0.3 is 14.8 Å². The summed E-state index contributed by atoms with van der Waals surface area (Å²) >= 11 is 0. The molecule has 0 fully saturated rings. The summed E-state index contributed by atoms with van der Waals surface area (Å²) in [7, 11) is -0.0149. The highest BCUT2D eigenvalue weighted by molar-refractivity contribution is 7.91. The van der Waals surface area contributed by atoms with E-state index in [1.807, 2.05) is 19.1 Å². The zero-order chi connectivity index (χ0) is 15.3. The van der Waals surface area contributed by atoms with Crippen LogP contribution in [0.15, 0.2) is 18.2 Å². The number of ether oxygens (including phenoxy) is 2. The Kier molecular flexibility index (Phi) is 5.83. The largest absolute Gasteiger partial charge is 0.493 e. The van der Waals surface area contributed by atoms with Gasteiger partial charge in [-0.15, -0.1) is 0 Å². The highest BCUT2D eigenvalue weighted by Gasteiger charge is 2.27. The minimum atomic E-state index is -3.14. The monoisotopic (exact) mass is 301 g/mol. The molecule has 0 aliphatic rings. The molecule has 0 aromatic heterocycles. The van der Waals surface area contributed by atoms with E-state index < -0.39 is 15.1 Å². The number of benzene rings is 1. The number of sulfone groups is 1. The van der Waals surface area contributed by atoms with E-state index in [2.05, 4.69) is 5.32 Å². The van der Waals surface area contributed by atoms with Crippen LogP contribution in [0, 0.1) is 0 Å². The maximum atomic E-state index is 11.8. The quantitative estimate of drug-likeness (QED) is 0.832. The summed E-state index contributed by atoms with van der Waals surface area (Å²) in [6, 6.07) is 5.17. The SMILES string of the molecule is CCNC(c1ccc(OC)c(OC)c1)C(C)S(C)(=O)=O. The Bertz CT molecular complexity index is 542. The normalized spacial score (nSPS) is 14.7. The van der Waals surface area contributed by atoms with Crippen LogP contribution in [0.4, 0.5) is 0 Å². The third-order valence-electron chi connectivity index (χ3n) is 3.34. The minimum absolute atomic E-state index is 0.283. The molecule has 114 valence electrons. The fraction of sp³-hybridized carbons (Fsp3) is 0.571. The highest BCUT2D eigenvalue weighted by Crippen LogP contribution is 2.32. The second kappa shape index (κ2) is 6.95. The zero-order valence-corrected chi connectivity index (χ0v) is 13.5. The average Bonchev–Trinajstić information content (AvgIpc) is 2.42. The molecule has 0 aliphatic carbocycles. The minimum Gasteiger partial charge on any atom is -0.493 e. The second-order valence-electron chi connectivity index (χ2n) is 4.68. The van der Waals surface area contributed by atoms with E-state index in [0.717, 1.165) is 5.56 Å². The number of nitrogens with one attached hydrogen (secondary N) is 1. The van der Waals surface area contributed by atoms with Crippen molar-refractivity contribution in [1.82, 2.24) is 5.32 Å². The summed E-state index contributed by atoms with van der Waals surface area (Å²) in [5.41, 5.74) is 0.863. The summed E-state index contributed by atoms with van der Waals surface area (Å²) in [4.78, 5) is 0. The summed E-state index contributed by atoms with van der Waals surface area (Å²) in [5, 5.41) is 2.69. The molecule has 6 heteroatoms. The summed E-state index contributed by atoms with van der Waals surface area (Å²) < 4.78 is 34.1. The lowest BCUT2D eigenvalue weighted by Gasteiger charge is -2.24. The van der Waals surface area contributed by atoms with Gasteiger partial charge in [-0.2, -0.15) is 0 Å². The number of methoxy groups -OCH3 is 2. The van der Waals surface area contributed by atoms with Gasteiger partial charge in [0.05, 0.1) is 19.5 Å². The highest BCUT2D eigenvalue weighted by atomic mass is 32.2. The van der Waals surface area contributed by atoms with Gasteiger partial charge in [0.2, 0.25) is 0 Å². The Labute approximate surface area is 121 Å². The summed E-state index contributed by atoms with van der Waals surface area (Å²) in [5.74, 6) is 1.21. The van der Waals surface area contributed by atoms with Gasteiger partial charge in [-0.3, -0.25) is 0 Å². The molecule has 0 bridgehead atoms. The molecule has 0 amide bonds. The lowest BCUT2D eigenvalue weighted by molar-refractivity contribution is 0.353. The average molecular weight is 301 g/mol. The van der Waals surface area contributed by atoms with Gasteiger partial charge in [0.25, 0.3) is 0 Å². The molecule has 5 nitrogen and oxygen atoms in total. The van der Waals surface area contributed by atoms with Gasteiger partial charge in [-0.1, -0.05) is 13.0 Å². The van der Waals surface area contributed by atoms with Crippen LogP contribution < -0.4 is 14.8 Å². The van der Waals surface area contributed by atoms with E-state index in [-0.39, 0.29) is 6.04 Å². The van der Waals surface area contributed by atoms with Crippen LogP contribution >= 0.6 is 0 Å². The molecule has 1 aromatic rings. The van der Waals surface area contributed by atoms with Crippen molar-refractivity contribution < 1.29 is 17.9 Å². The van der Waals surface area contributed by atoms with Gasteiger partial charge in [-0.25, -0.2) is 8.42 Å². The van der Waals surface area contributed by atoms with Crippen molar-refractivity contribution in [2.24, 2.45) is 0 Å². The Morgan fingerprint density at radius 2 is 1.80 bits per heavy atom. The van der Waals surface area contributed by atoms with E-state index in [0.29, 0.717) is 18.0 Å². The molecule has 0 aliphatic heterocycles. The van der Waals surface area contributed by atoms with Gasteiger partial charge in [0, 0.05) is 12.3 Å². The van der Waals surface area contributed by atoms with Crippen LogP contribution in [-0.4, -0.2) is 40.7 Å². The molecule has 0 spiro atoms. The standard InChI is InChI=1S/C14H23NO4S/c1-6-15-14(10(2)20(5,16)17)11-7-8-12(18-3)13(9-11)19-4/h7-10,14-15H,6H2,1-5H3. The second-order valence-corrected chi connectivity index (χ2v) is 7.09. The van der Waals surface area contributed by atoms with E-state index in [9.17, 15) is 8.42 Å². The fourth-order valence-corrected chi connectivity index (χ4v) is 2.82. The van der Waals surface area contributed by atoms with E-state index in [1.54, 1.807) is 27.2 Å². The maximum absolute atomic E-state index is 11.8. The third kappa shape index (κ3) is 3.86. The van der Waals surface area contributed by atoms with Crippen molar-refractivity contribution in [3.8, 4) is 11.5 Å². The van der Waals surface area contributed by atoms with Crippen LogP contribution in [-0.2, 0) is 9.84 Å². The van der Waals surface area contributed by atoms with Crippen molar-refractivity contribution in [2.45, 2.75) is 25.1 Å². The smallest absolute Gasteiger partial charge is 0.161 e. The maximum Gasteiger partial charge on any atom is 0.161 e. The Morgan fingerprint density at radius 3 is 2.25 bits per heavy atom. The van der Waals surface area contributed by atoms with Crippen LogP contribution in [0.5, 0.6) is 11.5 Å². The van der Waals surface area contributed by atoms with Crippen molar-refractivity contribution in [1.29, 1.82) is 0 Å². The molecule has 0 saturated heterocycles. The first kappa shape index (κ1) is 16.8. The van der Waals surface area contributed by atoms with Crippen LogP contribution in [0.1, 0.15) is 25.5 Å². The van der Waals surface area contributed by atoms with Gasteiger partial charge in [-0.05, 0) is 31.2 Å². The molecule has 1 rings (SSSR count). The fourth-order valence-electron chi connectivity index (χ4n) is 2.07. The van der Waals surface area contributed by atoms with Crippen molar-refractivity contribution >= 4 is 9.84 Å². The predicted octanol–water partition coefficient (Wildman–Crippen LogP) is 1.79. The van der Waals surface area contributed by atoms with Crippen LogP contribution in [0.25, 0.3) is 0 Å². The lowest BCUT2D eigenvalue weighted by atomic mass is 10.0. The molecular formula is C14H23NO4S. The van der Waals surface area contributed by atoms with Crippen molar-refractivity contribution in [3.05, 3.63) is 23.8 Å². The molecule has 1 N–H and O–H groups in total. The van der Waals surface area contributed by atoms with Gasteiger partial charge >= 0.3 is 0 Å². The van der Waals surface area contributed by atoms with E-state index >= 15 is 0 Å². The van der Waals surface area contributed by atoms with E-state index in [1.165, 1.54) is 6.26 Å². The molecule has 0 heterocycles. The molecule has 0 radical (unpaired) electrons. The first-order valence-electron chi connectivity index (χ1n) is 6.49. The Hall–Kier alpha value is -1.27. The number of rotatable bonds is 7. The molecule has 1 aromatic carbocycles. The number of hydrogen-bond acceptors (Lipinski definition) is 5. The van der Waals surface area contributed by atoms with Crippen molar-refractivity contribution in [2.75, 3.05) is 27.0 Å². The Morgan fingerprint density at radius 1 is 1.20 bits per heavy atom. The van der Waals surface area contributed by atoms with Crippen molar-refractivity contribution in [3.63, 3.8) is 0 Å². The van der Waals surface area contributed by atoms with E-state index in [4.69, 9.17) is 9.47 Å². The lowest BCUT2D eigenvalue weighted by Crippen LogP contribution is -2.35. The summed E-state index contributed by atoms with van der Waals surface area (Å²) in [6.45, 7) is 4.33. The topological polar surface area (TPSA) is 64.6 Å². The Balaban J connectivity index is 3.22. The molecule has 2 atom stereocenters. The summed E-state index contributed by atoms with van der Waals surface area (Å²) in [6.07, 6.45) is 1.25. The number of hydrogen-bond donors (Lipinski definition) is 1. The molecule has 20 heavy (non-hydrogen) atoms. The van der Waals surface area contributed by atoms with Gasteiger partial charge in [0.15, 0.2) is 21.3 Å². The van der Waals surface area contributed by atoms with Crippen LogP contribution in [0.2, 0.25) is 0 Å². The zero-order valence-electron chi connectivity index (χ0n) is 12.6. The van der Waals surface area contributed by atoms with Gasteiger partial charge in [0.1, 0.15) is 0 Å². The third-order valence-corrected chi connectivity index (χ3v) is 4.96. The first-order chi connectivity index (χ1) is 9.35. The predicted molar refractivity (Wildman–Crippen MR) is 80.3 cm³/mol.